The van der Waals surface area contributed by atoms with E-state index in [1.54, 1.807) is 11.3 Å². The number of hydrogen-bond donors (Lipinski definition) is 2. The first kappa shape index (κ1) is 14.0. The molecule has 2 rings (SSSR count). The number of aryl methyl sites for hydroxylation is 1. The Morgan fingerprint density at radius 1 is 1.33 bits per heavy atom. The molecule has 1 aromatic rings. The standard InChI is InChI=1S/C15H25NOS/c16-9-8-15(17)13-10-14(18-11-13)7-6-12-4-2-1-3-5-12/h10-12,15,17H,1-9,16H2. The first-order valence-corrected chi connectivity index (χ1v) is 8.13. The van der Waals surface area contributed by atoms with Crippen molar-refractivity contribution in [2.75, 3.05) is 6.54 Å². The summed E-state index contributed by atoms with van der Waals surface area (Å²) in [6.07, 6.45) is 9.95. The molecular weight excluding hydrogens is 242 g/mol. The Balaban J connectivity index is 1.79. The molecule has 3 heteroatoms. The van der Waals surface area contributed by atoms with E-state index in [9.17, 15) is 5.11 Å². The van der Waals surface area contributed by atoms with Crippen LogP contribution in [0.25, 0.3) is 0 Å². The molecule has 1 unspecified atom stereocenters. The zero-order chi connectivity index (χ0) is 12.8. The largest absolute Gasteiger partial charge is 0.388 e. The van der Waals surface area contributed by atoms with Gasteiger partial charge < -0.3 is 10.8 Å². The molecule has 1 aliphatic rings. The van der Waals surface area contributed by atoms with Gasteiger partial charge in [-0.1, -0.05) is 32.1 Å². The van der Waals surface area contributed by atoms with Crippen LogP contribution in [0, 0.1) is 5.92 Å². The zero-order valence-electron chi connectivity index (χ0n) is 11.1. The van der Waals surface area contributed by atoms with Crippen molar-refractivity contribution in [2.45, 2.75) is 57.5 Å². The van der Waals surface area contributed by atoms with Gasteiger partial charge in [-0.25, -0.2) is 0 Å². The van der Waals surface area contributed by atoms with Crippen molar-refractivity contribution in [1.29, 1.82) is 0 Å². The zero-order valence-corrected chi connectivity index (χ0v) is 11.9. The van der Waals surface area contributed by atoms with Gasteiger partial charge in [-0.2, -0.15) is 0 Å². The van der Waals surface area contributed by atoms with Crippen molar-refractivity contribution in [1.82, 2.24) is 0 Å². The highest BCUT2D eigenvalue weighted by Crippen LogP contribution is 2.29. The second-order valence-electron chi connectivity index (χ2n) is 5.48. The molecule has 18 heavy (non-hydrogen) atoms. The smallest absolute Gasteiger partial charge is 0.0810 e. The highest BCUT2D eigenvalue weighted by Gasteiger charge is 2.14. The first-order chi connectivity index (χ1) is 8.79. The molecule has 0 radical (unpaired) electrons. The molecule has 0 aliphatic heterocycles. The van der Waals surface area contributed by atoms with E-state index < -0.39 is 0 Å². The van der Waals surface area contributed by atoms with Gasteiger partial charge in [-0.05, 0) is 48.7 Å². The average molecular weight is 267 g/mol. The maximum absolute atomic E-state index is 9.88. The highest BCUT2D eigenvalue weighted by molar-refractivity contribution is 7.10. The predicted molar refractivity (Wildman–Crippen MR) is 77.8 cm³/mol. The van der Waals surface area contributed by atoms with Crippen LogP contribution in [0.1, 0.15) is 61.5 Å². The summed E-state index contributed by atoms with van der Waals surface area (Å²) in [5.41, 5.74) is 6.53. The molecular formula is C15H25NOS. The van der Waals surface area contributed by atoms with Gasteiger partial charge >= 0.3 is 0 Å². The molecule has 1 fully saturated rings. The summed E-state index contributed by atoms with van der Waals surface area (Å²) in [6.45, 7) is 0.550. The molecule has 3 N–H and O–H groups in total. The number of rotatable bonds is 6. The Kier molecular flexibility index (Phi) is 5.67. The molecule has 0 amide bonds. The summed E-state index contributed by atoms with van der Waals surface area (Å²) in [4.78, 5) is 1.42. The van der Waals surface area contributed by atoms with E-state index in [1.165, 1.54) is 49.8 Å². The second-order valence-corrected chi connectivity index (χ2v) is 6.48. The van der Waals surface area contributed by atoms with Gasteiger partial charge in [-0.3, -0.25) is 0 Å². The molecule has 1 saturated carbocycles. The van der Waals surface area contributed by atoms with Crippen LogP contribution < -0.4 is 5.73 Å². The van der Waals surface area contributed by atoms with Crippen molar-refractivity contribution < 1.29 is 5.11 Å². The number of thiophene rings is 1. The SMILES string of the molecule is NCCC(O)c1csc(CCC2CCCCC2)c1. The molecule has 1 aromatic heterocycles. The van der Waals surface area contributed by atoms with Crippen LogP contribution in [-0.2, 0) is 6.42 Å². The topological polar surface area (TPSA) is 46.2 Å². The Bertz CT molecular complexity index is 344. The van der Waals surface area contributed by atoms with Gasteiger partial charge in [0.15, 0.2) is 0 Å². The summed E-state index contributed by atoms with van der Waals surface area (Å²) in [6, 6.07) is 2.17. The molecule has 0 saturated heterocycles. The maximum Gasteiger partial charge on any atom is 0.0810 e. The fourth-order valence-corrected chi connectivity index (χ4v) is 3.80. The normalized spacial score (nSPS) is 19.0. The summed E-state index contributed by atoms with van der Waals surface area (Å²) >= 11 is 1.79. The second kappa shape index (κ2) is 7.27. The van der Waals surface area contributed by atoms with Crippen LogP contribution in [0.4, 0.5) is 0 Å². The lowest BCUT2D eigenvalue weighted by Gasteiger charge is -2.20. The Morgan fingerprint density at radius 3 is 2.83 bits per heavy atom. The number of aliphatic hydroxyl groups is 1. The molecule has 0 aromatic carbocycles. The van der Waals surface area contributed by atoms with Crippen LogP contribution in [0.15, 0.2) is 11.4 Å². The molecule has 0 spiro atoms. The van der Waals surface area contributed by atoms with Crippen LogP contribution in [-0.4, -0.2) is 11.7 Å². The molecule has 2 nitrogen and oxygen atoms in total. The minimum atomic E-state index is -0.366. The third-order valence-corrected chi connectivity index (χ3v) is 5.04. The van der Waals surface area contributed by atoms with Crippen molar-refractivity contribution in [3.63, 3.8) is 0 Å². The summed E-state index contributed by atoms with van der Waals surface area (Å²) < 4.78 is 0. The van der Waals surface area contributed by atoms with Crippen molar-refractivity contribution in [2.24, 2.45) is 11.7 Å². The van der Waals surface area contributed by atoms with Gasteiger partial charge in [0.2, 0.25) is 0 Å². The third-order valence-electron chi connectivity index (χ3n) is 4.02. The van der Waals surface area contributed by atoms with Crippen LogP contribution >= 0.6 is 11.3 Å². The summed E-state index contributed by atoms with van der Waals surface area (Å²) in [5, 5.41) is 12.0. The van der Waals surface area contributed by atoms with Crippen LogP contribution in [0.2, 0.25) is 0 Å². The molecule has 0 bridgehead atoms. The van der Waals surface area contributed by atoms with Crippen molar-refractivity contribution >= 4 is 11.3 Å². The lowest BCUT2D eigenvalue weighted by Crippen LogP contribution is -2.07. The fraction of sp³-hybridized carbons (Fsp3) is 0.733. The van der Waals surface area contributed by atoms with Gasteiger partial charge in [-0.15, -0.1) is 11.3 Å². The molecule has 1 aliphatic carbocycles. The lowest BCUT2D eigenvalue weighted by molar-refractivity contribution is 0.171. The molecule has 1 heterocycles. The highest BCUT2D eigenvalue weighted by atomic mass is 32.1. The lowest BCUT2D eigenvalue weighted by atomic mass is 9.86. The van der Waals surface area contributed by atoms with Gasteiger partial charge in [0, 0.05) is 4.88 Å². The van der Waals surface area contributed by atoms with Crippen molar-refractivity contribution in [3.8, 4) is 0 Å². The van der Waals surface area contributed by atoms with Gasteiger partial charge in [0.25, 0.3) is 0 Å². The van der Waals surface area contributed by atoms with Crippen LogP contribution in [0.5, 0.6) is 0 Å². The van der Waals surface area contributed by atoms with Gasteiger partial charge in [0.1, 0.15) is 0 Å². The summed E-state index contributed by atoms with van der Waals surface area (Å²) in [7, 11) is 0. The van der Waals surface area contributed by atoms with Gasteiger partial charge in [0.05, 0.1) is 6.10 Å². The van der Waals surface area contributed by atoms with E-state index in [0.29, 0.717) is 13.0 Å². The van der Waals surface area contributed by atoms with E-state index in [4.69, 9.17) is 5.73 Å². The van der Waals surface area contributed by atoms with E-state index in [1.807, 2.05) is 0 Å². The quantitative estimate of drug-likeness (QED) is 0.826. The number of aliphatic hydroxyl groups excluding tert-OH is 1. The van der Waals surface area contributed by atoms with E-state index in [-0.39, 0.29) is 6.10 Å². The Labute approximate surface area is 114 Å². The molecule has 102 valence electrons. The number of hydrogen-bond acceptors (Lipinski definition) is 3. The van der Waals surface area contributed by atoms with Crippen molar-refractivity contribution in [3.05, 3.63) is 21.9 Å². The van der Waals surface area contributed by atoms with E-state index >= 15 is 0 Å². The predicted octanol–water partition coefficient (Wildman–Crippen LogP) is 3.64. The van der Waals surface area contributed by atoms with Crippen LogP contribution in [0.3, 0.4) is 0 Å². The van der Waals surface area contributed by atoms with E-state index in [0.717, 1.165) is 11.5 Å². The average Bonchev–Trinajstić information content (AvgIpc) is 2.87. The number of nitrogens with two attached hydrogens (primary N) is 1. The maximum atomic E-state index is 9.88. The minimum Gasteiger partial charge on any atom is -0.388 e. The fourth-order valence-electron chi connectivity index (χ4n) is 2.85. The Morgan fingerprint density at radius 2 is 2.11 bits per heavy atom. The Hall–Kier alpha value is -0.380. The summed E-state index contributed by atoms with van der Waals surface area (Å²) in [5.74, 6) is 0.943. The molecule has 1 atom stereocenters. The first-order valence-electron chi connectivity index (χ1n) is 7.25. The van der Waals surface area contributed by atoms with E-state index in [2.05, 4.69) is 11.4 Å². The minimum absolute atomic E-state index is 0.366. The third kappa shape index (κ3) is 4.08. The monoisotopic (exact) mass is 267 g/mol.